The molecule has 3 rings (SSSR count). The van der Waals surface area contributed by atoms with Crippen LogP contribution in [0.25, 0.3) is 0 Å². The summed E-state index contributed by atoms with van der Waals surface area (Å²) >= 11 is 0. The van der Waals surface area contributed by atoms with Gasteiger partial charge in [0.1, 0.15) is 0 Å². The van der Waals surface area contributed by atoms with Gasteiger partial charge in [0.05, 0.1) is 0 Å². The summed E-state index contributed by atoms with van der Waals surface area (Å²) in [5, 5.41) is 3.69. The smallest absolute Gasteiger partial charge is 0.0381 e. The molecule has 2 aromatic carbocycles. The van der Waals surface area contributed by atoms with Gasteiger partial charge < -0.3 is 10.2 Å². The predicted molar refractivity (Wildman–Crippen MR) is 86.6 cm³/mol. The molecular weight excluding hydrogens is 244 g/mol. The topological polar surface area (TPSA) is 15.3 Å². The fourth-order valence-electron chi connectivity index (χ4n) is 2.93. The maximum atomic E-state index is 3.69. The molecule has 0 saturated heterocycles. The van der Waals surface area contributed by atoms with E-state index in [0.29, 0.717) is 6.04 Å². The maximum Gasteiger partial charge on any atom is 0.0381 e. The second kappa shape index (κ2) is 5.58. The van der Waals surface area contributed by atoms with Crippen LogP contribution in [0.4, 0.5) is 11.4 Å². The van der Waals surface area contributed by atoms with E-state index in [1.165, 1.54) is 35.3 Å². The van der Waals surface area contributed by atoms with E-state index in [1.807, 2.05) is 0 Å². The van der Waals surface area contributed by atoms with Crippen molar-refractivity contribution in [2.24, 2.45) is 0 Å². The van der Waals surface area contributed by atoms with Crippen molar-refractivity contribution in [3.8, 4) is 0 Å². The largest absolute Gasteiger partial charge is 0.382 e. The maximum absolute atomic E-state index is 3.69. The molecule has 0 spiro atoms. The van der Waals surface area contributed by atoms with Gasteiger partial charge in [0, 0.05) is 31.5 Å². The average Bonchev–Trinajstić information content (AvgIpc) is 2.47. The van der Waals surface area contributed by atoms with E-state index in [0.717, 1.165) is 6.42 Å². The Labute approximate surface area is 121 Å². The van der Waals surface area contributed by atoms with Crippen LogP contribution in [0.15, 0.2) is 48.5 Å². The van der Waals surface area contributed by atoms with E-state index in [4.69, 9.17) is 0 Å². The van der Waals surface area contributed by atoms with Gasteiger partial charge >= 0.3 is 0 Å². The molecule has 0 fully saturated rings. The molecule has 1 unspecified atom stereocenters. The first-order valence-electron chi connectivity index (χ1n) is 7.33. The molecule has 1 atom stereocenters. The molecule has 1 aliphatic carbocycles. The lowest BCUT2D eigenvalue weighted by atomic mass is 9.88. The lowest BCUT2D eigenvalue weighted by Gasteiger charge is -2.26. The molecule has 0 radical (unpaired) electrons. The van der Waals surface area contributed by atoms with Crippen LogP contribution in [0, 0.1) is 0 Å². The van der Waals surface area contributed by atoms with Crippen molar-refractivity contribution in [1.82, 2.24) is 0 Å². The number of hydrogen-bond acceptors (Lipinski definition) is 2. The first kappa shape index (κ1) is 13.0. The van der Waals surface area contributed by atoms with E-state index in [1.54, 1.807) is 0 Å². The van der Waals surface area contributed by atoms with E-state index in [9.17, 15) is 0 Å². The van der Waals surface area contributed by atoms with Gasteiger partial charge in [-0.3, -0.25) is 0 Å². The molecule has 0 aromatic heterocycles. The Hall–Kier alpha value is -1.96. The van der Waals surface area contributed by atoms with Crippen LogP contribution < -0.4 is 10.2 Å². The minimum atomic E-state index is 0.544. The lowest BCUT2D eigenvalue weighted by Crippen LogP contribution is -2.27. The molecule has 104 valence electrons. The Morgan fingerprint density at radius 2 is 1.80 bits per heavy atom. The highest BCUT2D eigenvalue weighted by atomic mass is 15.1. The number of nitrogens with zero attached hydrogens (tertiary/aromatic N) is 1. The average molecular weight is 266 g/mol. The van der Waals surface area contributed by atoms with Crippen molar-refractivity contribution < 1.29 is 0 Å². The van der Waals surface area contributed by atoms with Crippen LogP contribution in [-0.4, -0.2) is 20.1 Å². The predicted octanol–water partition coefficient (Wildman–Crippen LogP) is 3.72. The third-order valence-electron chi connectivity index (χ3n) is 4.08. The molecule has 2 aromatic rings. The Morgan fingerprint density at radius 3 is 2.60 bits per heavy atom. The zero-order valence-corrected chi connectivity index (χ0v) is 12.3. The minimum Gasteiger partial charge on any atom is -0.382 e. The van der Waals surface area contributed by atoms with E-state index in [-0.39, 0.29) is 0 Å². The summed E-state index contributed by atoms with van der Waals surface area (Å²) in [6, 6.07) is 18.0. The SMILES string of the molecule is CN(C)c1cccc(NC2CCc3ccccc3C2)c1. The summed E-state index contributed by atoms with van der Waals surface area (Å²) in [6.45, 7) is 0. The van der Waals surface area contributed by atoms with Gasteiger partial charge in [-0.15, -0.1) is 0 Å². The number of rotatable bonds is 3. The van der Waals surface area contributed by atoms with Crippen molar-refractivity contribution in [2.45, 2.75) is 25.3 Å². The quantitative estimate of drug-likeness (QED) is 0.911. The number of anilines is 2. The second-order valence-corrected chi connectivity index (χ2v) is 5.80. The number of aryl methyl sites for hydroxylation is 1. The van der Waals surface area contributed by atoms with E-state index in [2.05, 4.69) is 72.8 Å². The molecule has 20 heavy (non-hydrogen) atoms. The number of nitrogens with one attached hydrogen (secondary N) is 1. The molecule has 1 aliphatic rings. The van der Waals surface area contributed by atoms with Gasteiger partial charge in [-0.1, -0.05) is 30.3 Å². The van der Waals surface area contributed by atoms with Gasteiger partial charge in [0.2, 0.25) is 0 Å². The monoisotopic (exact) mass is 266 g/mol. The Balaban J connectivity index is 1.72. The van der Waals surface area contributed by atoms with Crippen molar-refractivity contribution in [2.75, 3.05) is 24.3 Å². The molecule has 0 aliphatic heterocycles. The van der Waals surface area contributed by atoms with Crippen LogP contribution in [0.5, 0.6) is 0 Å². The zero-order valence-electron chi connectivity index (χ0n) is 12.3. The fraction of sp³-hybridized carbons (Fsp3) is 0.333. The van der Waals surface area contributed by atoms with Gasteiger partial charge in [0.15, 0.2) is 0 Å². The highest BCUT2D eigenvalue weighted by Crippen LogP contribution is 2.25. The molecule has 0 amide bonds. The van der Waals surface area contributed by atoms with Gasteiger partial charge in [-0.05, 0) is 48.6 Å². The lowest BCUT2D eigenvalue weighted by molar-refractivity contribution is 0.611. The summed E-state index contributed by atoms with van der Waals surface area (Å²) in [5.74, 6) is 0. The first-order valence-corrected chi connectivity index (χ1v) is 7.33. The van der Waals surface area contributed by atoms with Gasteiger partial charge in [-0.25, -0.2) is 0 Å². The number of benzene rings is 2. The second-order valence-electron chi connectivity index (χ2n) is 5.80. The molecule has 0 heterocycles. The third-order valence-corrected chi connectivity index (χ3v) is 4.08. The zero-order chi connectivity index (χ0) is 13.9. The summed E-state index contributed by atoms with van der Waals surface area (Å²) in [4.78, 5) is 2.14. The Morgan fingerprint density at radius 1 is 1.00 bits per heavy atom. The normalized spacial score (nSPS) is 17.4. The van der Waals surface area contributed by atoms with Crippen molar-refractivity contribution in [1.29, 1.82) is 0 Å². The summed E-state index contributed by atoms with van der Waals surface area (Å²) < 4.78 is 0. The summed E-state index contributed by atoms with van der Waals surface area (Å²) in [7, 11) is 4.16. The van der Waals surface area contributed by atoms with Crippen molar-refractivity contribution in [3.05, 3.63) is 59.7 Å². The fourth-order valence-corrected chi connectivity index (χ4v) is 2.93. The van der Waals surface area contributed by atoms with Crippen molar-refractivity contribution >= 4 is 11.4 Å². The molecule has 0 bridgehead atoms. The molecule has 2 heteroatoms. The Kier molecular flexibility index (Phi) is 3.64. The molecular formula is C18H22N2. The van der Waals surface area contributed by atoms with Gasteiger partial charge in [-0.2, -0.15) is 0 Å². The number of fused-ring (bicyclic) bond motifs is 1. The third kappa shape index (κ3) is 2.79. The highest BCUT2D eigenvalue weighted by molar-refractivity contribution is 5.58. The standard InChI is InChI=1S/C18H22N2/c1-20(2)18-9-5-8-16(13-18)19-17-11-10-14-6-3-4-7-15(14)12-17/h3-9,13,17,19H,10-12H2,1-2H3. The molecule has 2 nitrogen and oxygen atoms in total. The van der Waals surface area contributed by atoms with E-state index >= 15 is 0 Å². The van der Waals surface area contributed by atoms with Crippen molar-refractivity contribution in [3.63, 3.8) is 0 Å². The van der Waals surface area contributed by atoms with Crippen LogP contribution >= 0.6 is 0 Å². The highest BCUT2D eigenvalue weighted by Gasteiger charge is 2.17. The summed E-state index contributed by atoms with van der Waals surface area (Å²) in [6.07, 6.45) is 3.52. The van der Waals surface area contributed by atoms with Gasteiger partial charge in [0.25, 0.3) is 0 Å². The van der Waals surface area contributed by atoms with Crippen LogP contribution in [0.3, 0.4) is 0 Å². The van der Waals surface area contributed by atoms with Crippen LogP contribution in [0.2, 0.25) is 0 Å². The molecule has 1 N–H and O–H groups in total. The van der Waals surface area contributed by atoms with Crippen LogP contribution in [-0.2, 0) is 12.8 Å². The van der Waals surface area contributed by atoms with E-state index < -0.39 is 0 Å². The number of hydrogen-bond donors (Lipinski definition) is 1. The molecule has 0 saturated carbocycles. The summed E-state index contributed by atoms with van der Waals surface area (Å²) in [5.41, 5.74) is 5.49. The first-order chi connectivity index (χ1) is 9.72. The van der Waals surface area contributed by atoms with Crippen LogP contribution in [0.1, 0.15) is 17.5 Å². The minimum absolute atomic E-state index is 0.544. The Bertz CT molecular complexity index is 589.